The molecule has 0 saturated heterocycles. The molecule has 0 aliphatic rings. The van der Waals surface area contributed by atoms with E-state index in [1.165, 1.54) is 6.33 Å². The van der Waals surface area contributed by atoms with Gasteiger partial charge in [0.1, 0.15) is 12.2 Å². The summed E-state index contributed by atoms with van der Waals surface area (Å²) in [5, 5.41) is 14.3. The van der Waals surface area contributed by atoms with Gasteiger partial charge in [-0.05, 0) is 25.5 Å². The van der Waals surface area contributed by atoms with E-state index in [0.29, 0.717) is 5.95 Å². The van der Waals surface area contributed by atoms with Gasteiger partial charge in [-0.15, -0.1) is 5.10 Å². The van der Waals surface area contributed by atoms with Gasteiger partial charge in [0, 0.05) is 18.7 Å². The molecule has 0 aliphatic heterocycles. The van der Waals surface area contributed by atoms with Crippen molar-refractivity contribution < 1.29 is 0 Å². The monoisotopic (exact) mass is 257 g/mol. The molecule has 0 atom stereocenters. The quantitative estimate of drug-likeness (QED) is 0.671. The van der Waals surface area contributed by atoms with Crippen molar-refractivity contribution in [3.05, 3.63) is 36.0 Å². The zero-order valence-corrected chi connectivity index (χ0v) is 10.7. The Morgan fingerprint density at radius 1 is 1.37 bits per heavy atom. The second-order valence-electron chi connectivity index (χ2n) is 4.34. The molecular formula is C12H15N7. The summed E-state index contributed by atoms with van der Waals surface area (Å²) in [4.78, 5) is 8.49. The molecule has 0 amide bonds. The third-order valence-corrected chi connectivity index (χ3v) is 2.89. The van der Waals surface area contributed by atoms with Crippen LogP contribution in [0.15, 0.2) is 24.5 Å². The molecule has 0 aromatic carbocycles. The highest BCUT2D eigenvalue weighted by molar-refractivity contribution is 5.44. The Bertz CT molecular complexity index is 656. The maximum absolute atomic E-state index is 4.41. The van der Waals surface area contributed by atoms with Gasteiger partial charge in [-0.1, -0.05) is 6.07 Å². The predicted molar refractivity (Wildman–Crippen MR) is 70.9 cm³/mol. The van der Waals surface area contributed by atoms with E-state index in [1.54, 1.807) is 0 Å². The van der Waals surface area contributed by atoms with Gasteiger partial charge in [0.2, 0.25) is 5.95 Å². The average molecular weight is 257 g/mol. The van der Waals surface area contributed by atoms with E-state index in [1.807, 2.05) is 29.6 Å². The van der Waals surface area contributed by atoms with E-state index in [-0.39, 0.29) is 0 Å². The predicted octanol–water partition coefficient (Wildman–Crippen LogP) is 1.20. The van der Waals surface area contributed by atoms with Crippen LogP contribution >= 0.6 is 0 Å². The van der Waals surface area contributed by atoms with E-state index in [9.17, 15) is 0 Å². The summed E-state index contributed by atoms with van der Waals surface area (Å²) in [6, 6.07) is 5.93. The van der Waals surface area contributed by atoms with Gasteiger partial charge < -0.3 is 5.32 Å². The van der Waals surface area contributed by atoms with Gasteiger partial charge in [0.25, 0.3) is 0 Å². The molecule has 7 heteroatoms. The Kier molecular flexibility index (Phi) is 3.09. The first-order valence-electron chi connectivity index (χ1n) is 6.23. The highest BCUT2D eigenvalue weighted by Crippen LogP contribution is 2.08. The van der Waals surface area contributed by atoms with Crippen molar-refractivity contribution in [3.63, 3.8) is 0 Å². The maximum atomic E-state index is 4.41. The third-order valence-electron chi connectivity index (χ3n) is 2.89. The smallest absolute Gasteiger partial charge is 0.243 e. The van der Waals surface area contributed by atoms with Crippen LogP contribution in [-0.4, -0.2) is 36.3 Å². The molecule has 19 heavy (non-hydrogen) atoms. The van der Waals surface area contributed by atoms with E-state index in [0.717, 1.165) is 36.6 Å². The van der Waals surface area contributed by atoms with Gasteiger partial charge in [0.15, 0.2) is 5.65 Å². The summed E-state index contributed by atoms with van der Waals surface area (Å²) in [6.07, 6.45) is 3.33. The number of hydrogen-bond donors (Lipinski definition) is 2. The first-order valence-corrected chi connectivity index (χ1v) is 6.23. The van der Waals surface area contributed by atoms with Crippen molar-refractivity contribution in [1.82, 2.24) is 29.8 Å². The summed E-state index contributed by atoms with van der Waals surface area (Å²) in [5.74, 6) is 1.56. The van der Waals surface area contributed by atoms with Crippen molar-refractivity contribution in [1.29, 1.82) is 0 Å². The van der Waals surface area contributed by atoms with Crippen molar-refractivity contribution >= 4 is 11.6 Å². The van der Waals surface area contributed by atoms with Gasteiger partial charge in [-0.2, -0.15) is 10.1 Å². The van der Waals surface area contributed by atoms with Gasteiger partial charge in [-0.25, -0.2) is 9.50 Å². The summed E-state index contributed by atoms with van der Waals surface area (Å²) in [5.41, 5.74) is 1.93. The fourth-order valence-corrected chi connectivity index (χ4v) is 1.92. The van der Waals surface area contributed by atoms with Crippen molar-refractivity contribution in [2.75, 3.05) is 11.9 Å². The van der Waals surface area contributed by atoms with Crippen molar-refractivity contribution in [2.45, 2.75) is 19.8 Å². The lowest BCUT2D eigenvalue weighted by atomic mass is 10.3. The van der Waals surface area contributed by atoms with Crippen LogP contribution in [0.3, 0.4) is 0 Å². The number of nitrogens with zero attached hydrogens (tertiary/aromatic N) is 5. The molecule has 0 fully saturated rings. The summed E-state index contributed by atoms with van der Waals surface area (Å²) in [6.45, 7) is 2.81. The number of hydrogen-bond acceptors (Lipinski definition) is 5. The minimum atomic E-state index is 0.659. The number of aryl methyl sites for hydroxylation is 2. The lowest BCUT2D eigenvalue weighted by Gasteiger charge is -1.99. The Morgan fingerprint density at radius 2 is 2.32 bits per heavy atom. The highest BCUT2D eigenvalue weighted by Gasteiger charge is 2.04. The molecule has 3 rings (SSSR count). The molecule has 7 nitrogen and oxygen atoms in total. The van der Waals surface area contributed by atoms with Crippen molar-refractivity contribution in [3.8, 4) is 0 Å². The van der Waals surface area contributed by atoms with Crippen LogP contribution in [0.1, 0.15) is 17.9 Å². The number of aromatic amines is 1. The topological polar surface area (TPSA) is 83.8 Å². The summed E-state index contributed by atoms with van der Waals surface area (Å²) >= 11 is 0. The standard InChI is InChI=1S/C12H15N7/c1-9-4-2-6-11-16-12(18-19(9)11)13-7-3-5-10-14-8-15-17-10/h2,4,6,8H,3,5,7H2,1H3,(H,13,18)(H,14,15,17). The first kappa shape index (κ1) is 11.6. The van der Waals surface area contributed by atoms with Crippen LogP contribution < -0.4 is 5.32 Å². The highest BCUT2D eigenvalue weighted by atomic mass is 15.3. The SMILES string of the molecule is Cc1cccc2nc(NCCCc3ncn[nH]3)nn12. The number of rotatable bonds is 5. The number of pyridine rings is 1. The van der Waals surface area contributed by atoms with Crippen LogP contribution in [0.25, 0.3) is 5.65 Å². The van der Waals surface area contributed by atoms with Crippen molar-refractivity contribution in [2.24, 2.45) is 0 Å². The fourth-order valence-electron chi connectivity index (χ4n) is 1.92. The third kappa shape index (κ3) is 2.54. The van der Waals surface area contributed by atoms with Gasteiger partial charge >= 0.3 is 0 Å². The minimum Gasteiger partial charge on any atom is -0.353 e. The molecular weight excluding hydrogens is 242 g/mol. The molecule has 98 valence electrons. The van der Waals surface area contributed by atoms with E-state index in [2.05, 4.69) is 30.6 Å². The number of fused-ring (bicyclic) bond motifs is 1. The molecule has 0 bridgehead atoms. The zero-order valence-electron chi connectivity index (χ0n) is 10.7. The molecule has 0 radical (unpaired) electrons. The van der Waals surface area contributed by atoms with Crippen LogP contribution in [0.5, 0.6) is 0 Å². The van der Waals surface area contributed by atoms with Crippen LogP contribution in [0.2, 0.25) is 0 Å². The molecule has 0 saturated carbocycles. The summed E-state index contributed by atoms with van der Waals surface area (Å²) in [7, 11) is 0. The average Bonchev–Trinajstić information content (AvgIpc) is 3.04. The lowest BCUT2D eigenvalue weighted by Crippen LogP contribution is -2.05. The minimum absolute atomic E-state index is 0.659. The van der Waals surface area contributed by atoms with Crippen LogP contribution in [0.4, 0.5) is 5.95 Å². The molecule has 3 aromatic heterocycles. The largest absolute Gasteiger partial charge is 0.353 e. The Hall–Kier alpha value is -2.44. The Labute approximate surface area is 110 Å². The molecule has 0 aliphatic carbocycles. The Balaban J connectivity index is 1.58. The molecule has 2 N–H and O–H groups in total. The first-order chi connectivity index (χ1) is 9.33. The van der Waals surface area contributed by atoms with E-state index < -0.39 is 0 Å². The second-order valence-corrected chi connectivity index (χ2v) is 4.34. The van der Waals surface area contributed by atoms with E-state index >= 15 is 0 Å². The molecule has 0 unspecified atom stereocenters. The number of aromatic nitrogens is 6. The summed E-state index contributed by atoms with van der Waals surface area (Å²) < 4.78 is 1.83. The number of nitrogens with one attached hydrogen (secondary N) is 2. The zero-order chi connectivity index (χ0) is 13.1. The second kappa shape index (κ2) is 5.05. The van der Waals surface area contributed by atoms with Gasteiger partial charge in [0.05, 0.1) is 0 Å². The molecule has 0 spiro atoms. The number of anilines is 1. The normalized spacial score (nSPS) is 11.0. The van der Waals surface area contributed by atoms with Gasteiger partial charge in [-0.3, -0.25) is 5.10 Å². The van der Waals surface area contributed by atoms with E-state index in [4.69, 9.17) is 0 Å². The van der Waals surface area contributed by atoms with Crippen LogP contribution in [-0.2, 0) is 6.42 Å². The number of H-pyrrole nitrogens is 1. The maximum Gasteiger partial charge on any atom is 0.243 e. The molecule has 3 heterocycles. The lowest BCUT2D eigenvalue weighted by molar-refractivity contribution is 0.798. The molecule has 3 aromatic rings. The Morgan fingerprint density at radius 3 is 3.11 bits per heavy atom. The van der Waals surface area contributed by atoms with Crippen LogP contribution in [0, 0.1) is 6.92 Å². The fraction of sp³-hybridized carbons (Fsp3) is 0.333.